The van der Waals surface area contributed by atoms with Crippen molar-refractivity contribution in [3.05, 3.63) is 70.9 Å². The average Bonchev–Trinajstić information content (AvgIpc) is 2.58. The third-order valence-corrected chi connectivity index (χ3v) is 3.24. The first kappa shape index (κ1) is 15.8. The van der Waals surface area contributed by atoms with E-state index in [1.807, 2.05) is 6.07 Å². The molecule has 0 aliphatic rings. The van der Waals surface area contributed by atoms with E-state index in [-0.39, 0.29) is 11.4 Å². The molecule has 0 aliphatic carbocycles. The molecule has 1 atom stereocenters. The summed E-state index contributed by atoms with van der Waals surface area (Å²) in [7, 11) is 0. The molecule has 0 saturated carbocycles. The van der Waals surface area contributed by atoms with Crippen LogP contribution in [0.15, 0.2) is 59.8 Å². The van der Waals surface area contributed by atoms with Crippen LogP contribution in [0.1, 0.15) is 12.5 Å². The topological polar surface area (TPSA) is 69.9 Å². The largest absolute Gasteiger partial charge is 0.444 e. The lowest BCUT2D eigenvalue weighted by molar-refractivity contribution is 0.0810. The second-order valence-corrected chi connectivity index (χ2v) is 5.12. The Morgan fingerprint density at radius 1 is 1.21 bits per heavy atom. The number of rotatable bonds is 5. The Morgan fingerprint density at radius 2 is 2.08 bits per heavy atom. The van der Waals surface area contributed by atoms with Gasteiger partial charge in [-0.1, -0.05) is 6.07 Å². The van der Waals surface area contributed by atoms with Crippen molar-refractivity contribution in [1.29, 1.82) is 0 Å². The van der Waals surface area contributed by atoms with Gasteiger partial charge in [-0.15, -0.1) is 0 Å². The normalized spacial score (nSPS) is 11.9. The fourth-order valence-electron chi connectivity index (χ4n) is 2.15. The second-order valence-electron chi connectivity index (χ2n) is 5.12. The van der Waals surface area contributed by atoms with E-state index < -0.39 is 6.36 Å². The number of hydrogen-bond donors (Lipinski definition) is 0. The molecule has 3 heterocycles. The highest BCUT2D eigenvalue weighted by Crippen LogP contribution is 2.18. The van der Waals surface area contributed by atoms with E-state index in [0.717, 1.165) is 5.56 Å². The summed E-state index contributed by atoms with van der Waals surface area (Å²) in [6.07, 6.45) is 3.46. The number of nitrogens with zero attached hydrogens (tertiary/aromatic N) is 4. The van der Waals surface area contributed by atoms with Gasteiger partial charge >= 0.3 is 0 Å². The molecule has 3 aromatic heterocycles. The minimum absolute atomic E-state index is 0.192. The lowest BCUT2D eigenvalue weighted by Gasteiger charge is -2.08. The lowest BCUT2D eigenvalue weighted by Crippen LogP contribution is -2.22. The van der Waals surface area contributed by atoms with Crippen molar-refractivity contribution in [3.8, 4) is 17.1 Å². The van der Waals surface area contributed by atoms with Gasteiger partial charge in [-0.25, -0.2) is 14.1 Å². The van der Waals surface area contributed by atoms with Crippen LogP contribution < -0.4 is 10.3 Å². The van der Waals surface area contributed by atoms with E-state index in [1.165, 1.54) is 23.9 Å². The van der Waals surface area contributed by atoms with Crippen LogP contribution in [-0.2, 0) is 6.54 Å². The van der Waals surface area contributed by atoms with Gasteiger partial charge in [-0.05, 0) is 23.8 Å². The van der Waals surface area contributed by atoms with Crippen molar-refractivity contribution in [2.45, 2.75) is 19.8 Å². The molecule has 0 N–H and O–H groups in total. The molecule has 0 aliphatic heterocycles. The van der Waals surface area contributed by atoms with Crippen LogP contribution >= 0.6 is 0 Å². The quantitative estimate of drug-likeness (QED) is 0.720. The molecule has 0 radical (unpaired) electrons. The molecule has 0 aromatic carbocycles. The van der Waals surface area contributed by atoms with Crippen LogP contribution in [0.4, 0.5) is 4.39 Å². The Bertz CT molecular complexity index is 864. The van der Waals surface area contributed by atoms with Gasteiger partial charge in [0.15, 0.2) is 0 Å². The van der Waals surface area contributed by atoms with Crippen LogP contribution in [0.5, 0.6) is 5.88 Å². The van der Waals surface area contributed by atoms with Crippen molar-refractivity contribution >= 4 is 0 Å². The van der Waals surface area contributed by atoms with Gasteiger partial charge in [0.1, 0.15) is 0 Å². The van der Waals surface area contributed by atoms with E-state index in [2.05, 4.69) is 15.1 Å². The molecule has 0 fully saturated rings. The number of halogens is 1. The summed E-state index contributed by atoms with van der Waals surface area (Å²) < 4.78 is 19.0. The van der Waals surface area contributed by atoms with Crippen LogP contribution in [0, 0.1) is 0 Å². The number of aromatic nitrogens is 4. The van der Waals surface area contributed by atoms with E-state index in [4.69, 9.17) is 4.74 Å². The molecule has 1 unspecified atom stereocenters. The lowest BCUT2D eigenvalue weighted by atomic mass is 10.2. The van der Waals surface area contributed by atoms with Crippen LogP contribution in [-0.4, -0.2) is 26.1 Å². The Balaban J connectivity index is 1.86. The van der Waals surface area contributed by atoms with E-state index in [0.29, 0.717) is 17.8 Å². The summed E-state index contributed by atoms with van der Waals surface area (Å²) in [5.74, 6) is 0.192. The Labute approximate surface area is 137 Å². The van der Waals surface area contributed by atoms with Gasteiger partial charge in [0.2, 0.25) is 12.2 Å². The zero-order valence-electron chi connectivity index (χ0n) is 13.0. The molecular formula is C17H15FN4O2. The summed E-state index contributed by atoms with van der Waals surface area (Å²) in [6, 6.07) is 10.0. The monoisotopic (exact) mass is 326 g/mol. The molecule has 3 rings (SSSR count). The summed E-state index contributed by atoms with van der Waals surface area (Å²) in [6.45, 7) is 1.61. The first-order chi connectivity index (χ1) is 11.6. The number of ether oxygens (including phenoxy) is 1. The summed E-state index contributed by atoms with van der Waals surface area (Å²) in [4.78, 5) is 20.0. The van der Waals surface area contributed by atoms with Crippen molar-refractivity contribution in [2.24, 2.45) is 0 Å². The van der Waals surface area contributed by atoms with Crippen molar-refractivity contribution in [3.63, 3.8) is 0 Å². The Hall–Kier alpha value is -3.09. The van der Waals surface area contributed by atoms with Crippen LogP contribution in [0.3, 0.4) is 0 Å². The molecule has 0 spiro atoms. The van der Waals surface area contributed by atoms with Gasteiger partial charge in [-0.2, -0.15) is 5.10 Å². The zero-order valence-corrected chi connectivity index (χ0v) is 13.0. The highest BCUT2D eigenvalue weighted by molar-refractivity contribution is 5.57. The predicted molar refractivity (Wildman–Crippen MR) is 86.3 cm³/mol. The van der Waals surface area contributed by atoms with Gasteiger partial charge in [0, 0.05) is 43.2 Å². The van der Waals surface area contributed by atoms with Gasteiger partial charge in [0.25, 0.3) is 5.56 Å². The molecule has 0 bridgehead atoms. The standard InChI is InChI=1S/C17H15FN4O2/c1-12(18)24-16-6-4-14(10-20-16)15-5-7-17(23)22(21-15)11-13-3-2-8-19-9-13/h2-10,12H,11H2,1H3. The smallest absolute Gasteiger partial charge is 0.267 e. The number of alkyl halides is 1. The van der Waals surface area contributed by atoms with Gasteiger partial charge < -0.3 is 4.74 Å². The maximum Gasteiger partial charge on any atom is 0.267 e. The molecule has 24 heavy (non-hydrogen) atoms. The fraction of sp³-hybridized carbons (Fsp3) is 0.176. The Kier molecular flexibility index (Phi) is 4.60. The van der Waals surface area contributed by atoms with Crippen LogP contribution in [0.25, 0.3) is 11.3 Å². The first-order valence-corrected chi connectivity index (χ1v) is 7.36. The minimum atomic E-state index is -1.43. The highest BCUT2D eigenvalue weighted by Gasteiger charge is 2.07. The SMILES string of the molecule is CC(F)Oc1ccc(-c2ccc(=O)n(Cc3cccnc3)n2)cn1. The third-order valence-electron chi connectivity index (χ3n) is 3.24. The van der Waals surface area contributed by atoms with Crippen LogP contribution in [0.2, 0.25) is 0 Å². The second kappa shape index (κ2) is 6.99. The van der Waals surface area contributed by atoms with E-state index >= 15 is 0 Å². The van der Waals surface area contributed by atoms with Crippen molar-refractivity contribution in [2.75, 3.05) is 0 Å². The molecular weight excluding hydrogens is 311 g/mol. The average molecular weight is 326 g/mol. The minimum Gasteiger partial charge on any atom is -0.444 e. The molecule has 122 valence electrons. The summed E-state index contributed by atoms with van der Waals surface area (Å²) >= 11 is 0. The Morgan fingerprint density at radius 3 is 2.75 bits per heavy atom. The predicted octanol–water partition coefficient (Wildman–Crippen LogP) is 2.44. The van der Waals surface area contributed by atoms with Crippen molar-refractivity contribution < 1.29 is 9.13 Å². The first-order valence-electron chi connectivity index (χ1n) is 7.36. The van der Waals surface area contributed by atoms with Gasteiger partial charge in [0.05, 0.1) is 12.2 Å². The summed E-state index contributed by atoms with van der Waals surface area (Å²) in [5.41, 5.74) is 1.96. The number of hydrogen-bond acceptors (Lipinski definition) is 5. The van der Waals surface area contributed by atoms with E-state index in [1.54, 1.807) is 36.7 Å². The van der Waals surface area contributed by atoms with Gasteiger partial charge in [-0.3, -0.25) is 9.78 Å². The third kappa shape index (κ3) is 3.81. The van der Waals surface area contributed by atoms with Crippen molar-refractivity contribution in [1.82, 2.24) is 19.7 Å². The fourth-order valence-corrected chi connectivity index (χ4v) is 2.15. The maximum absolute atomic E-state index is 12.8. The molecule has 0 saturated heterocycles. The zero-order chi connectivity index (χ0) is 16.9. The molecule has 7 heteroatoms. The molecule has 3 aromatic rings. The summed E-state index contributed by atoms with van der Waals surface area (Å²) in [5, 5.41) is 4.35. The highest BCUT2D eigenvalue weighted by atomic mass is 19.1. The maximum atomic E-state index is 12.8. The number of pyridine rings is 2. The molecule has 6 nitrogen and oxygen atoms in total. The van der Waals surface area contributed by atoms with E-state index in [9.17, 15) is 9.18 Å². The molecule has 0 amide bonds.